The van der Waals surface area contributed by atoms with Crippen molar-refractivity contribution in [1.29, 1.82) is 0 Å². The van der Waals surface area contributed by atoms with Gasteiger partial charge in [-0.25, -0.2) is 23.3 Å². The molecule has 0 aromatic carbocycles. The van der Waals surface area contributed by atoms with Crippen LogP contribution in [0.25, 0.3) is 6.08 Å². The zero-order chi connectivity index (χ0) is 40.4. The third kappa shape index (κ3) is 15.0. The number of thioether (sulfide) groups is 1. The molecule has 1 aromatic heterocycles. The van der Waals surface area contributed by atoms with E-state index in [1.807, 2.05) is 11.8 Å². The maximum absolute atomic E-state index is 12.5. The Balaban J connectivity index is 1.10. The number of amides is 4. The smallest absolute Gasteiger partial charge is 0.390 e. The van der Waals surface area contributed by atoms with Crippen LogP contribution in [0.5, 0.6) is 0 Å². The molecule has 23 nitrogen and oxygen atoms in total. The Hall–Kier alpha value is -2.69. The molecular formula is C28H45N6O17P3S. The third-order valence-electron chi connectivity index (χ3n) is 8.53. The number of fused-ring (bicyclic) bond motifs is 1. The highest BCUT2D eigenvalue weighted by atomic mass is 32.2. The number of ether oxygens (including phenoxy) is 1. The lowest BCUT2D eigenvalue weighted by Gasteiger charge is -2.19. The van der Waals surface area contributed by atoms with Crippen LogP contribution in [0.15, 0.2) is 21.9 Å². The molecule has 8 atom stereocenters. The number of carbonyl (C=O) groups is 3. The Morgan fingerprint density at radius 1 is 0.964 bits per heavy atom. The minimum Gasteiger partial charge on any atom is -0.390 e. The molecule has 0 spiro atoms. The molecule has 27 heteroatoms. The van der Waals surface area contributed by atoms with Crippen LogP contribution >= 0.6 is 35.2 Å². The molecule has 4 rings (SSSR count). The van der Waals surface area contributed by atoms with Gasteiger partial charge in [-0.2, -0.15) is 20.4 Å². The Labute approximate surface area is 317 Å². The van der Waals surface area contributed by atoms with Gasteiger partial charge in [0.2, 0.25) is 11.8 Å². The summed E-state index contributed by atoms with van der Waals surface area (Å²) in [6, 6.07) is 0.235. The topological polar surface area (TPSA) is 343 Å². The SMILES string of the molecule is O=C(CCCCCNC(=O)CCCCC1SCC2NC(=O)NC21)NC/C=C/c1cn([C@H]2C[C@@H](O)[C@@H](COP(=O)(O)OP(=O)(O)OP(=O)(O)O)O2)c(=O)[nH]c1=O. The zero-order valence-corrected chi connectivity index (χ0v) is 32.7. The van der Waals surface area contributed by atoms with Gasteiger partial charge in [-0.1, -0.05) is 25.0 Å². The van der Waals surface area contributed by atoms with Crippen molar-refractivity contribution in [2.75, 3.05) is 25.4 Å². The van der Waals surface area contributed by atoms with Crippen LogP contribution in [-0.4, -0.2) is 107 Å². The molecular weight excluding hydrogens is 817 g/mol. The lowest BCUT2D eigenvalue weighted by Crippen LogP contribution is -2.36. The van der Waals surface area contributed by atoms with Crippen molar-refractivity contribution >= 4 is 59.2 Å². The number of hydrogen-bond donors (Lipinski definition) is 10. The normalized spacial score (nSPS) is 25.9. The number of hydrogen-bond acceptors (Lipinski definition) is 14. The molecule has 0 aliphatic carbocycles. The molecule has 310 valence electrons. The van der Waals surface area contributed by atoms with E-state index in [0.29, 0.717) is 31.1 Å². The summed E-state index contributed by atoms with van der Waals surface area (Å²) in [6.07, 6.45) is 4.94. The van der Waals surface area contributed by atoms with Gasteiger partial charge in [0.1, 0.15) is 12.3 Å². The molecule has 55 heavy (non-hydrogen) atoms. The van der Waals surface area contributed by atoms with E-state index in [-0.39, 0.29) is 54.9 Å². The maximum Gasteiger partial charge on any atom is 0.490 e. The Morgan fingerprint density at radius 3 is 2.40 bits per heavy atom. The van der Waals surface area contributed by atoms with Crippen molar-refractivity contribution in [3.63, 3.8) is 0 Å². The largest absolute Gasteiger partial charge is 0.490 e. The summed E-state index contributed by atoms with van der Waals surface area (Å²) in [5.74, 6) is 0.653. The number of nitrogens with one attached hydrogen (secondary N) is 5. The Bertz CT molecular complexity index is 1820. The van der Waals surface area contributed by atoms with Crippen molar-refractivity contribution in [1.82, 2.24) is 30.8 Å². The standard InChI is InChI=1S/C28H45N6O17P3S/c35-19-13-24(49-20(19)15-48-53(44,45)51-54(46,47)50-52(41,42)43)34-14-17(26(38)33-28(34)40)7-6-12-30-22(36)9-2-1-5-11-29-23(37)10-4-3-8-21-25-18(16-55-21)31-27(39)32-25/h6-7,14,18-21,24-25,35H,1-5,8-13,15-16H2,(H,29,37)(H,30,36)(H,44,45)(H,46,47)(H2,31,32,39)(H,33,38,40)(H2,41,42,43)/b7-6+/t18?,19-,20-,21?,24-,25?/m1/s1. The first-order valence-corrected chi connectivity index (χ1v) is 22.7. The van der Waals surface area contributed by atoms with Crippen LogP contribution in [0.2, 0.25) is 0 Å². The third-order valence-corrected chi connectivity index (χ3v) is 13.8. The van der Waals surface area contributed by atoms with Crippen LogP contribution in [0.4, 0.5) is 4.79 Å². The molecule has 3 fully saturated rings. The summed E-state index contributed by atoms with van der Waals surface area (Å²) in [5, 5.41) is 22.2. The minimum atomic E-state index is -5.76. The van der Waals surface area contributed by atoms with Crippen molar-refractivity contribution in [2.24, 2.45) is 0 Å². The highest BCUT2D eigenvalue weighted by Gasteiger charge is 2.44. The molecule has 5 unspecified atom stereocenters. The van der Waals surface area contributed by atoms with E-state index in [9.17, 15) is 52.6 Å². The minimum absolute atomic E-state index is 0.0169. The molecule has 4 amide bonds. The molecule has 10 N–H and O–H groups in total. The molecule has 3 aliphatic heterocycles. The molecule has 3 aliphatic rings. The van der Waals surface area contributed by atoms with Crippen LogP contribution in [0, 0.1) is 0 Å². The van der Waals surface area contributed by atoms with Gasteiger partial charge in [-0.15, -0.1) is 0 Å². The molecule has 1 aromatic rings. The van der Waals surface area contributed by atoms with Crippen LogP contribution in [0.3, 0.4) is 0 Å². The lowest BCUT2D eigenvalue weighted by molar-refractivity contribution is -0.122. The first kappa shape index (κ1) is 45.0. The van der Waals surface area contributed by atoms with Gasteiger partial charge in [-0.05, 0) is 25.7 Å². The summed E-state index contributed by atoms with van der Waals surface area (Å²) in [6.45, 7) is -0.388. The number of unbranched alkanes of at least 4 members (excludes halogenated alkanes) is 3. The number of rotatable bonds is 22. The second-order valence-electron chi connectivity index (χ2n) is 12.8. The van der Waals surface area contributed by atoms with Gasteiger partial charge in [0.15, 0.2) is 0 Å². The van der Waals surface area contributed by atoms with Gasteiger partial charge in [0.05, 0.1) is 30.4 Å². The van der Waals surface area contributed by atoms with Gasteiger partial charge in [0.25, 0.3) is 5.56 Å². The number of aromatic nitrogens is 2. The Kier molecular flexibility index (Phi) is 16.5. The number of H-pyrrole nitrogens is 1. The number of aliphatic hydroxyl groups is 1. The summed E-state index contributed by atoms with van der Waals surface area (Å²) in [5.41, 5.74) is -1.71. The second kappa shape index (κ2) is 20.1. The van der Waals surface area contributed by atoms with Gasteiger partial charge < -0.3 is 50.7 Å². The van der Waals surface area contributed by atoms with Crippen molar-refractivity contribution in [2.45, 2.75) is 93.6 Å². The lowest BCUT2D eigenvalue weighted by atomic mass is 10.0. The monoisotopic (exact) mass is 862 g/mol. The predicted octanol–water partition coefficient (Wildman–Crippen LogP) is 0.0601. The fourth-order valence-corrected chi connectivity index (χ4v) is 10.5. The average Bonchev–Trinajstić information content (AvgIpc) is 3.74. The molecule has 4 heterocycles. The van der Waals surface area contributed by atoms with Crippen LogP contribution in [0.1, 0.15) is 69.6 Å². The fourth-order valence-electron chi connectivity index (χ4n) is 5.97. The summed E-state index contributed by atoms with van der Waals surface area (Å²) in [4.78, 5) is 99.0. The van der Waals surface area contributed by atoms with Gasteiger partial charge >= 0.3 is 35.2 Å². The summed E-state index contributed by atoms with van der Waals surface area (Å²) in [7, 11) is -16.8. The van der Waals surface area contributed by atoms with Crippen molar-refractivity contribution in [3.05, 3.63) is 38.7 Å². The number of nitrogens with zero attached hydrogens (tertiary/aromatic N) is 1. The highest BCUT2D eigenvalue weighted by Crippen LogP contribution is 2.66. The van der Waals surface area contributed by atoms with Crippen molar-refractivity contribution < 1.29 is 70.6 Å². The quantitative estimate of drug-likeness (QED) is 0.0418. The van der Waals surface area contributed by atoms with E-state index < -0.39 is 59.8 Å². The van der Waals surface area contributed by atoms with E-state index in [2.05, 4.69) is 39.4 Å². The van der Waals surface area contributed by atoms with Crippen LogP contribution in [-0.2, 0) is 41.2 Å². The molecule has 3 saturated heterocycles. The average molecular weight is 863 g/mol. The second-order valence-corrected chi connectivity index (χ2v) is 18.5. The first-order chi connectivity index (χ1) is 25.8. The van der Waals surface area contributed by atoms with Crippen molar-refractivity contribution in [3.8, 4) is 0 Å². The first-order valence-electron chi connectivity index (χ1n) is 17.2. The number of phosphoric acid groups is 3. The number of phosphoric ester groups is 1. The fraction of sp³-hybridized carbons (Fsp3) is 0.679. The van der Waals surface area contributed by atoms with E-state index in [1.54, 1.807) is 0 Å². The predicted molar refractivity (Wildman–Crippen MR) is 193 cm³/mol. The Morgan fingerprint density at radius 2 is 1.67 bits per heavy atom. The summed E-state index contributed by atoms with van der Waals surface area (Å²) < 4.78 is 52.4. The number of aromatic amines is 1. The number of carbonyl (C=O) groups excluding carboxylic acids is 3. The van der Waals surface area contributed by atoms with E-state index in [1.165, 1.54) is 12.2 Å². The molecule has 0 radical (unpaired) electrons. The maximum atomic E-state index is 12.5. The van der Waals surface area contributed by atoms with E-state index in [0.717, 1.165) is 42.2 Å². The van der Waals surface area contributed by atoms with Gasteiger partial charge in [-0.3, -0.25) is 28.5 Å². The van der Waals surface area contributed by atoms with E-state index in [4.69, 9.17) is 14.5 Å². The zero-order valence-electron chi connectivity index (χ0n) is 29.2. The summed E-state index contributed by atoms with van der Waals surface area (Å²) >= 11 is 1.85. The highest BCUT2D eigenvalue weighted by molar-refractivity contribution is 8.00. The van der Waals surface area contributed by atoms with Crippen LogP contribution < -0.4 is 32.5 Å². The number of aliphatic hydroxyl groups excluding tert-OH is 1. The molecule has 0 saturated carbocycles. The number of urea groups is 1. The van der Waals surface area contributed by atoms with Gasteiger partial charge in [0, 0.05) is 49.6 Å². The van der Waals surface area contributed by atoms with E-state index >= 15 is 0 Å². The molecule has 0 bridgehead atoms.